The molecule has 55 heavy (non-hydrogen) atoms. The van der Waals surface area contributed by atoms with E-state index in [-0.39, 0.29) is 0 Å². The molecule has 0 aliphatic carbocycles. The molecule has 0 amide bonds. The molecule has 0 saturated carbocycles. The standard InChI is InChI=1S/C52H29NOS/c1-2-12-32(13-3-1)53-44-21-11-10-16-35(44)42-28-30(22-26-45(42)53)31-23-27-46-43(29-31)40-24-25-41-48-39-20-9-8-19-38(39)47-36-17-6-4-14-33(36)34-15-5-7-18-37(34)49(47)51(48)54-50(41)52(40)55-46/h1-29H. The number of hydrogen-bond acceptors (Lipinski definition) is 2. The van der Waals surface area contributed by atoms with Crippen LogP contribution in [0.15, 0.2) is 180 Å². The van der Waals surface area contributed by atoms with E-state index in [2.05, 4.69) is 180 Å². The summed E-state index contributed by atoms with van der Waals surface area (Å²) in [5, 5.41) is 17.4. The van der Waals surface area contributed by atoms with E-state index in [1.54, 1.807) is 0 Å². The van der Waals surface area contributed by atoms with Gasteiger partial charge in [0.25, 0.3) is 0 Å². The minimum absolute atomic E-state index is 0.972. The van der Waals surface area contributed by atoms with Gasteiger partial charge < -0.3 is 8.98 Å². The number of nitrogens with zero attached hydrogens (tertiary/aromatic N) is 1. The van der Waals surface area contributed by atoms with Crippen LogP contribution < -0.4 is 0 Å². The molecule has 0 atom stereocenters. The zero-order chi connectivity index (χ0) is 35.8. The van der Waals surface area contributed by atoms with Crippen LogP contribution in [0.2, 0.25) is 0 Å². The largest absolute Gasteiger partial charge is 0.454 e. The van der Waals surface area contributed by atoms with Gasteiger partial charge in [0.15, 0.2) is 5.58 Å². The van der Waals surface area contributed by atoms with Crippen LogP contribution in [-0.2, 0) is 0 Å². The molecule has 0 bridgehead atoms. The number of rotatable bonds is 2. The summed E-state index contributed by atoms with van der Waals surface area (Å²) < 4.78 is 12.1. The molecular formula is C52H29NOS. The predicted molar refractivity (Wildman–Crippen MR) is 236 cm³/mol. The first-order valence-corrected chi connectivity index (χ1v) is 19.7. The van der Waals surface area contributed by atoms with Gasteiger partial charge in [-0.05, 0) is 92.0 Å². The third-order valence-electron chi connectivity index (χ3n) is 11.9. The third-order valence-corrected chi connectivity index (χ3v) is 13.1. The highest BCUT2D eigenvalue weighted by Gasteiger charge is 2.22. The molecule has 13 aromatic rings. The molecular weight excluding hydrogens is 687 g/mol. The number of furan rings is 1. The fourth-order valence-corrected chi connectivity index (χ4v) is 10.8. The van der Waals surface area contributed by atoms with Gasteiger partial charge in [-0.1, -0.05) is 127 Å². The molecule has 0 N–H and O–H groups in total. The van der Waals surface area contributed by atoms with E-state index in [0.717, 1.165) is 11.2 Å². The molecule has 3 heterocycles. The van der Waals surface area contributed by atoms with Crippen LogP contribution in [0.5, 0.6) is 0 Å². The van der Waals surface area contributed by atoms with Crippen molar-refractivity contribution in [1.29, 1.82) is 0 Å². The predicted octanol–water partition coefficient (Wildman–Crippen LogP) is 15.3. The summed E-state index contributed by atoms with van der Waals surface area (Å²) in [6.45, 7) is 0. The van der Waals surface area contributed by atoms with E-state index in [0.29, 0.717) is 0 Å². The number of aromatic nitrogens is 1. The fraction of sp³-hybridized carbons (Fsp3) is 0. The molecule has 0 aliphatic heterocycles. The van der Waals surface area contributed by atoms with Gasteiger partial charge in [-0.15, -0.1) is 11.3 Å². The molecule has 10 aromatic carbocycles. The highest BCUT2D eigenvalue weighted by Crippen LogP contribution is 2.49. The molecule has 0 radical (unpaired) electrons. The molecule has 0 unspecified atom stereocenters. The fourth-order valence-electron chi connectivity index (χ4n) is 9.60. The summed E-state index contributed by atoms with van der Waals surface area (Å²) in [5.74, 6) is 0. The number of para-hydroxylation sites is 2. The second-order valence-corrected chi connectivity index (χ2v) is 15.8. The molecule has 2 nitrogen and oxygen atoms in total. The summed E-state index contributed by atoms with van der Waals surface area (Å²) in [5.41, 5.74) is 7.98. The normalized spacial score (nSPS) is 12.4. The van der Waals surface area contributed by atoms with Crippen LogP contribution in [0.3, 0.4) is 0 Å². The Balaban J connectivity index is 1.07. The summed E-state index contributed by atoms with van der Waals surface area (Å²) in [7, 11) is 0. The molecule has 254 valence electrons. The smallest absolute Gasteiger partial charge is 0.153 e. The van der Waals surface area contributed by atoms with E-state index < -0.39 is 0 Å². The van der Waals surface area contributed by atoms with Crippen LogP contribution in [-0.4, -0.2) is 4.57 Å². The van der Waals surface area contributed by atoms with Crippen molar-refractivity contribution < 1.29 is 4.42 Å². The molecule has 3 heteroatoms. The summed E-state index contributed by atoms with van der Waals surface area (Å²) >= 11 is 1.84. The van der Waals surface area contributed by atoms with Gasteiger partial charge in [0.1, 0.15) is 5.58 Å². The average molecular weight is 716 g/mol. The molecule has 13 rings (SSSR count). The van der Waals surface area contributed by atoms with Gasteiger partial charge in [-0.2, -0.15) is 0 Å². The number of fused-ring (bicyclic) bond motifs is 20. The highest BCUT2D eigenvalue weighted by atomic mass is 32.1. The van der Waals surface area contributed by atoms with Gasteiger partial charge in [-0.25, -0.2) is 0 Å². The number of hydrogen-bond donors (Lipinski definition) is 0. The monoisotopic (exact) mass is 715 g/mol. The van der Waals surface area contributed by atoms with Crippen molar-refractivity contribution in [3.8, 4) is 16.8 Å². The highest BCUT2D eigenvalue weighted by molar-refractivity contribution is 7.26. The van der Waals surface area contributed by atoms with Crippen LogP contribution in [0.4, 0.5) is 0 Å². The van der Waals surface area contributed by atoms with Gasteiger partial charge >= 0.3 is 0 Å². The first-order chi connectivity index (χ1) is 27.3. The quantitative estimate of drug-likeness (QED) is 0.163. The second-order valence-electron chi connectivity index (χ2n) is 14.7. The lowest BCUT2D eigenvalue weighted by Gasteiger charge is -2.13. The van der Waals surface area contributed by atoms with Crippen LogP contribution >= 0.6 is 11.3 Å². The average Bonchev–Trinajstić information content (AvgIpc) is 3.93. The first-order valence-electron chi connectivity index (χ1n) is 18.8. The minimum atomic E-state index is 0.972. The Morgan fingerprint density at radius 1 is 0.345 bits per heavy atom. The zero-order valence-corrected chi connectivity index (χ0v) is 30.3. The number of thiophene rings is 1. The van der Waals surface area contributed by atoms with E-state index in [1.807, 2.05) is 11.3 Å². The molecule has 3 aromatic heterocycles. The van der Waals surface area contributed by atoms with Gasteiger partial charge in [0.05, 0.1) is 15.7 Å². The van der Waals surface area contributed by atoms with Crippen LogP contribution in [0, 0.1) is 0 Å². The Hall–Kier alpha value is -6.94. The van der Waals surface area contributed by atoms with E-state index >= 15 is 0 Å². The van der Waals surface area contributed by atoms with E-state index in [1.165, 1.54) is 113 Å². The lowest BCUT2D eigenvalue weighted by Crippen LogP contribution is -1.92. The Morgan fingerprint density at radius 2 is 0.891 bits per heavy atom. The Kier molecular flexibility index (Phi) is 5.80. The Labute approximate surface area is 318 Å². The van der Waals surface area contributed by atoms with Crippen molar-refractivity contribution in [2.75, 3.05) is 0 Å². The molecule has 0 fully saturated rings. The Bertz CT molecular complexity index is 3770. The van der Waals surface area contributed by atoms with Crippen molar-refractivity contribution >= 4 is 118 Å². The Morgan fingerprint density at radius 3 is 1.64 bits per heavy atom. The SMILES string of the molecule is c1ccc(-n2c3ccccc3c3cc(-c4ccc5sc6c(ccc7c6oc6c7c7ccccc7c7c8ccccc8c8ccccc8c67)c5c4)ccc32)cc1. The zero-order valence-electron chi connectivity index (χ0n) is 29.5. The van der Waals surface area contributed by atoms with Gasteiger partial charge in [-0.3, -0.25) is 0 Å². The maximum absolute atomic E-state index is 7.22. The van der Waals surface area contributed by atoms with Crippen molar-refractivity contribution in [2.45, 2.75) is 0 Å². The summed E-state index contributed by atoms with van der Waals surface area (Å²) in [6.07, 6.45) is 0. The van der Waals surface area contributed by atoms with Crippen LogP contribution in [0.1, 0.15) is 0 Å². The van der Waals surface area contributed by atoms with Crippen molar-refractivity contribution in [3.05, 3.63) is 176 Å². The molecule has 0 saturated heterocycles. The van der Waals surface area contributed by atoms with Crippen LogP contribution in [0.25, 0.3) is 124 Å². The molecule has 0 spiro atoms. The molecule has 0 aliphatic rings. The summed E-state index contributed by atoms with van der Waals surface area (Å²) in [4.78, 5) is 0. The maximum Gasteiger partial charge on any atom is 0.153 e. The second kappa shape index (κ2) is 10.8. The number of benzene rings is 10. The first kappa shape index (κ1) is 29.5. The van der Waals surface area contributed by atoms with Crippen molar-refractivity contribution in [1.82, 2.24) is 4.57 Å². The maximum atomic E-state index is 7.22. The topological polar surface area (TPSA) is 18.1 Å². The minimum Gasteiger partial charge on any atom is -0.454 e. The lowest BCUT2D eigenvalue weighted by atomic mass is 9.89. The van der Waals surface area contributed by atoms with E-state index in [9.17, 15) is 0 Å². The summed E-state index contributed by atoms with van der Waals surface area (Å²) in [6, 6.07) is 64.4. The van der Waals surface area contributed by atoms with Gasteiger partial charge in [0.2, 0.25) is 0 Å². The van der Waals surface area contributed by atoms with Crippen molar-refractivity contribution in [3.63, 3.8) is 0 Å². The van der Waals surface area contributed by atoms with Crippen molar-refractivity contribution in [2.24, 2.45) is 0 Å². The van der Waals surface area contributed by atoms with Gasteiger partial charge in [0, 0.05) is 53.5 Å². The lowest BCUT2D eigenvalue weighted by molar-refractivity contribution is 0.677. The third kappa shape index (κ3) is 3.92. The van der Waals surface area contributed by atoms with E-state index in [4.69, 9.17) is 4.42 Å².